The molecule has 1 saturated carbocycles. The lowest BCUT2D eigenvalue weighted by atomic mass is 10.1. The molecule has 0 aromatic heterocycles. The van der Waals surface area contributed by atoms with Gasteiger partial charge >= 0.3 is 0 Å². The first-order chi connectivity index (χ1) is 9.11. The molecule has 0 saturated heterocycles. The van der Waals surface area contributed by atoms with Crippen molar-refractivity contribution in [3.8, 4) is 5.75 Å². The van der Waals surface area contributed by atoms with E-state index in [4.69, 9.17) is 4.74 Å². The Hall–Kier alpha value is -1.06. The third kappa shape index (κ3) is 4.84. The lowest BCUT2D eigenvalue weighted by Gasteiger charge is -2.15. The molecule has 0 spiro atoms. The van der Waals surface area contributed by atoms with Crippen molar-refractivity contribution >= 4 is 0 Å². The highest BCUT2D eigenvalue weighted by atomic mass is 16.5. The largest absolute Gasteiger partial charge is 0.491 e. The van der Waals surface area contributed by atoms with Gasteiger partial charge in [-0.15, -0.1) is 0 Å². The van der Waals surface area contributed by atoms with Gasteiger partial charge in [-0.3, -0.25) is 0 Å². The van der Waals surface area contributed by atoms with E-state index in [9.17, 15) is 5.11 Å². The van der Waals surface area contributed by atoms with Crippen LogP contribution in [0.1, 0.15) is 32.3 Å². The first kappa shape index (κ1) is 14.4. The maximum atomic E-state index is 9.87. The van der Waals surface area contributed by atoms with Crippen LogP contribution in [0.3, 0.4) is 0 Å². The van der Waals surface area contributed by atoms with E-state index in [0.717, 1.165) is 18.7 Å². The van der Waals surface area contributed by atoms with Gasteiger partial charge in [0.15, 0.2) is 0 Å². The van der Waals surface area contributed by atoms with Crippen LogP contribution in [0.15, 0.2) is 24.3 Å². The summed E-state index contributed by atoms with van der Waals surface area (Å²) in [6.07, 6.45) is 3.15. The number of hydrogen-bond donors (Lipinski definition) is 2. The van der Waals surface area contributed by atoms with Crippen molar-refractivity contribution in [3.05, 3.63) is 29.8 Å². The maximum absolute atomic E-state index is 9.87. The summed E-state index contributed by atoms with van der Waals surface area (Å²) in [5.74, 6) is 0.840. The minimum atomic E-state index is -0.451. The number of rotatable bonds is 8. The summed E-state index contributed by atoms with van der Waals surface area (Å²) >= 11 is 0. The molecule has 0 radical (unpaired) electrons. The van der Waals surface area contributed by atoms with Crippen LogP contribution in [0.25, 0.3) is 0 Å². The molecule has 2 rings (SSSR count). The summed E-state index contributed by atoms with van der Waals surface area (Å²) in [6.45, 7) is 6.34. The van der Waals surface area contributed by atoms with Gasteiger partial charge in [0.2, 0.25) is 0 Å². The number of benzene rings is 1. The maximum Gasteiger partial charge on any atom is 0.119 e. The van der Waals surface area contributed by atoms with Crippen LogP contribution in [0.4, 0.5) is 0 Å². The molecule has 1 atom stereocenters. The number of aliphatic hydroxyl groups is 1. The molecule has 1 aromatic rings. The molecule has 1 fully saturated rings. The normalized spacial score (nSPS) is 18.1. The summed E-state index contributed by atoms with van der Waals surface area (Å²) in [4.78, 5) is 0. The first-order valence-electron chi connectivity index (χ1n) is 7.22. The van der Waals surface area contributed by atoms with Crippen LogP contribution < -0.4 is 10.1 Å². The highest BCUT2D eigenvalue weighted by molar-refractivity contribution is 5.28. The molecule has 1 aromatic carbocycles. The van der Waals surface area contributed by atoms with E-state index in [0.29, 0.717) is 18.6 Å². The topological polar surface area (TPSA) is 41.5 Å². The molecular weight excluding hydrogens is 238 g/mol. The highest BCUT2D eigenvalue weighted by Gasteiger charge is 2.36. The van der Waals surface area contributed by atoms with E-state index < -0.39 is 6.10 Å². The van der Waals surface area contributed by atoms with Gasteiger partial charge in [0.25, 0.3) is 0 Å². The van der Waals surface area contributed by atoms with Crippen LogP contribution in [-0.2, 0) is 6.42 Å². The molecule has 0 aliphatic heterocycles. The van der Waals surface area contributed by atoms with Crippen molar-refractivity contribution < 1.29 is 9.84 Å². The van der Waals surface area contributed by atoms with Crippen LogP contribution in [0.5, 0.6) is 5.75 Å². The average molecular weight is 263 g/mol. The molecule has 3 nitrogen and oxygen atoms in total. The van der Waals surface area contributed by atoms with Gasteiger partial charge in [-0.25, -0.2) is 0 Å². The van der Waals surface area contributed by atoms with Gasteiger partial charge in [0.1, 0.15) is 18.5 Å². The van der Waals surface area contributed by atoms with Gasteiger partial charge in [-0.1, -0.05) is 26.0 Å². The van der Waals surface area contributed by atoms with Crippen molar-refractivity contribution in [1.29, 1.82) is 0 Å². The molecule has 0 bridgehead atoms. The van der Waals surface area contributed by atoms with Crippen molar-refractivity contribution in [3.63, 3.8) is 0 Å². The number of ether oxygens (including phenoxy) is 1. The van der Waals surface area contributed by atoms with Gasteiger partial charge in [-0.2, -0.15) is 0 Å². The van der Waals surface area contributed by atoms with Crippen molar-refractivity contribution in [1.82, 2.24) is 5.32 Å². The van der Waals surface area contributed by atoms with E-state index in [1.54, 1.807) is 0 Å². The van der Waals surface area contributed by atoms with E-state index in [2.05, 4.69) is 25.2 Å². The van der Waals surface area contributed by atoms with Crippen molar-refractivity contribution in [2.75, 3.05) is 19.7 Å². The van der Waals surface area contributed by atoms with E-state index in [-0.39, 0.29) is 0 Å². The molecule has 0 amide bonds. The minimum absolute atomic E-state index is 0.344. The lowest BCUT2D eigenvalue weighted by molar-refractivity contribution is 0.105. The smallest absolute Gasteiger partial charge is 0.119 e. The Labute approximate surface area is 116 Å². The van der Waals surface area contributed by atoms with Gasteiger partial charge < -0.3 is 15.2 Å². The average Bonchev–Trinajstić information content (AvgIpc) is 3.14. The number of hydrogen-bond acceptors (Lipinski definition) is 3. The highest BCUT2D eigenvalue weighted by Crippen LogP contribution is 2.43. The van der Waals surface area contributed by atoms with E-state index in [1.165, 1.54) is 18.4 Å². The molecule has 0 heterocycles. The molecule has 1 aliphatic rings. The summed E-state index contributed by atoms with van der Waals surface area (Å²) in [7, 11) is 0. The number of nitrogens with one attached hydrogen (secondary N) is 1. The molecule has 2 N–H and O–H groups in total. The fraction of sp³-hybridized carbons (Fsp3) is 0.625. The summed E-state index contributed by atoms with van der Waals surface area (Å²) in [5, 5.41) is 13.2. The first-order valence-corrected chi connectivity index (χ1v) is 7.22. The second-order valence-electron chi connectivity index (χ2n) is 5.91. The Morgan fingerprint density at radius 2 is 2.21 bits per heavy atom. The summed E-state index contributed by atoms with van der Waals surface area (Å²) in [6, 6.07) is 8.05. The van der Waals surface area contributed by atoms with Crippen molar-refractivity contribution in [2.45, 2.75) is 39.2 Å². The fourth-order valence-electron chi connectivity index (χ4n) is 2.04. The fourth-order valence-corrected chi connectivity index (χ4v) is 2.04. The summed E-state index contributed by atoms with van der Waals surface area (Å²) < 4.78 is 5.62. The van der Waals surface area contributed by atoms with Crippen LogP contribution in [-0.4, -0.2) is 30.9 Å². The zero-order chi connectivity index (χ0) is 13.7. The molecule has 1 unspecified atom stereocenters. The quantitative estimate of drug-likeness (QED) is 0.756. The standard InChI is InChI=1S/C16H25NO2/c1-3-13-5-4-6-15(9-13)19-11-14(18)10-17-12-16(2)7-8-16/h4-6,9,14,17-18H,3,7-8,10-12H2,1-2H3. The van der Waals surface area contributed by atoms with E-state index >= 15 is 0 Å². The predicted octanol–water partition coefficient (Wildman–Crippen LogP) is 2.38. The second kappa shape index (κ2) is 6.40. The van der Waals surface area contributed by atoms with Gasteiger partial charge in [0, 0.05) is 13.1 Å². The lowest BCUT2D eigenvalue weighted by Crippen LogP contribution is -2.34. The Bertz CT molecular complexity index is 401. The number of aryl methyl sites for hydroxylation is 1. The third-order valence-electron chi connectivity index (χ3n) is 3.78. The Kier molecular flexibility index (Phi) is 4.83. The Morgan fingerprint density at radius 3 is 2.89 bits per heavy atom. The SMILES string of the molecule is CCc1cccc(OCC(O)CNCC2(C)CC2)c1. The molecular formula is C16H25NO2. The van der Waals surface area contributed by atoms with Crippen LogP contribution in [0, 0.1) is 5.41 Å². The van der Waals surface area contributed by atoms with Gasteiger partial charge in [0.05, 0.1) is 0 Å². The molecule has 1 aliphatic carbocycles. The molecule has 19 heavy (non-hydrogen) atoms. The molecule has 3 heteroatoms. The van der Waals surface area contributed by atoms with Crippen LogP contribution >= 0.6 is 0 Å². The Balaban J connectivity index is 1.65. The van der Waals surface area contributed by atoms with Crippen LogP contribution in [0.2, 0.25) is 0 Å². The monoisotopic (exact) mass is 263 g/mol. The van der Waals surface area contributed by atoms with Crippen molar-refractivity contribution in [2.24, 2.45) is 5.41 Å². The Morgan fingerprint density at radius 1 is 1.42 bits per heavy atom. The van der Waals surface area contributed by atoms with E-state index in [1.807, 2.05) is 18.2 Å². The number of aliphatic hydroxyl groups excluding tert-OH is 1. The zero-order valence-corrected chi connectivity index (χ0v) is 12.0. The predicted molar refractivity (Wildman–Crippen MR) is 77.5 cm³/mol. The zero-order valence-electron chi connectivity index (χ0n) is 12.0. The third-order valence-corrected chi connectivity index (χ3v) is 3.78. The molecule has 106 valence electrons. The van der Waals surface area contributed by atoms with Gasteiger partial charge in [-0.05, 0) is 42.4 Å². The second-order valence-corrected chi connectivity index (χ2v) is 5.91. The minimum Gasteiger partial charge on any atom is -0.491 e. The summed E-state index contributed by atoms with van der Waals surface area (Å²) in [5.41, 5.74) is 1.74.